The first kappa shape index (κ1) is 16.9. The monoisotopic (exact) mass is 370 g/mol. The molecular formula is C25H21FNO+. The summed E-state index contributed by atoms with van der Waals surface area (Å²) < 4.78 is 22.5. The molecule has 28 heavy (non-hydrogen) atoms. The average Bonchev–Trinajstić information content (AvgIpc) is 3.04. The van der Waals surface area contributed by atoms with Crippen LogP contribution in [0.25, 0.3) is 44.1 Å². The highest BCUT2D eigenvalue weighted by Crippen LogP contribution is 2.38. The van der Waals surface area contributed by atoms with Gasteiger partial charge in [0.05, 0.1) is 5.56 Å². The molecule has 0 aliphatic carbocycles. The molecule has 0 atom stereocenters. The van der Waals surface area contributed by atoms with E-state index in [1.54, 1.807) is 13.0 Å². The second kappa shape index (κ2) is 5.90. The van der Waals surface area contributed by atoms with Crippen molar-refractivity contribution in [3.63, 3.8) is 0 Å². The first-order valence-corrected chi connectivity index (χ1v) is 9.46. The zero-order chi connectivity index (χ0) is 19.6. The maximum absolute atomic E-state index is 14.0. The predicted octanol–water partition coefficient (Wildman–Crippen LogP) is 6.30. The molecule has 0 saturated heterocycles. The Kier molecular flexibility index (Phi) is 3.57. The summed E-state index contributed by atoms with van der Waals surface area (Å²) in [5.74, 6) is -0.174. The molecule has 0 amide bonds. The Morgan fingerprint density at radius 3 is 2.46 bits per heavy atom. The number of aromatic nitrogens is 1. The molecule has 3 aromatic carbocycles. The molecule has 0 N–H and O–H groups in total. The Hall–Kier alpha value is -3.20. The normalized spacial score (nSPS) is 11.8. The van der Waals surface area contributed by atoms with Gasteiger partial charge in [-0.05, 0) is 61.7 Å². The molecule has 138 valence electrons. The number of fused-ring (bicyclic) bond motifs is 4. The van der Waals surface area contributed by atoms with Crippen LogP contribution in [0.15, 0.2) is 59.0 Å². The summed E-state index contributed by atoms with van der Waals surface area (Å²) in [5.41, 5.74) is 8.02. The summed E-state index contributed by atoms with van der Waals surface area (Å²) in [4.78, 5) is 0. The Morgan fingerprint density at radius 1 is 0.857 bits per heavy atom. The minimum absolute atomic E-state index is 0.174. The van der Waals surface area contributed by atoms with Gasteiger partial charge in [-0.1, -0.05) is 18.2 Å². The van der Waals surface area contributed by atoms with Crippen LogP contribution in [0, 0.1) is 26.6 Å². The van der Waals surface area contributed by atoms with E-state index < -0.39 is 0 Å². The van der Waals surface area contributed by atoms with Gasteiger partial charge < -0.3 is 4.42 Å². The maximum Gasteiger partial charge on any atom is 0.216 e. The molecule has 0 spiro atoms. The van der Waals surface area contributed by atoms with Gasteiger partial charge in [-0.15, -0.1) is 0 Å². The highest BCUT2D eigenvalue weighted by molar-refractivity contribution is 6.10. The molecule has 0 saturated carbocycles. The van der Waals surface area contributed by atoms with Gasteiger partial charge in [0.15, 0.2) is 0 Å². The maximum atomic E-state index is 14.0. The van der Waals surface area contributed by atoms with E-state index in [9.17, 15) is 4.39 Å². The van der Waals surface area contributed by atoms with E-state index in [1.165, 1.54) is 11.1 Å². The quantitative estimate of drug-likeness (QED) is 0.317. The van der Waals surface area contributed by atoms with Gasteiger partial charge >= 0.3 is 0 Å². The third kappa shape index (κ3) is 2.29. The Morgan fingerprint density at radius 2 is 1.64 bits per heavy atom. The number of aryl methyl sites for hydroxylation is 3. The van der Waals surface area contributed by atoms with Crippen molar-refractivity contribution < 1.29 is 13.4 Å². The smallest absolute Gasteiger partial charge is 0.216 e. The molecule has 5 aromatic rings. The Balaban J connectivity index is 1.92. The largest absolute Gasteiger partial charge is 0.455 e. The molecule has 0 radical (unpaired) electrons. The third-order valence-corrected chi connectivity index (χ3v) is 5.90. The average molecular weight is 370 g/mol. The molecule has 2 heterocycles. The molecule has 2 nitrogen and oxygen atoms in total. The van der Waals surface area contributed by atoms with E-state index >= 15 is 0 Å². The van der Waals surface area contributed by atoms with E-state index in [0.717, 1.165) is 44.1 Å². The fourth-order valence-electron chi connectivity index (χ4n) is 4.16. The number of hydrogen-bond donors (Lipinski definition) is 0. The number of rotatable bonds is 1. The lowest BCUT2D eigenvalue weighted by atomic mass is 9.96. The van der Waals surface area contributed by atoms with Crippen LogP contribution in [0.4, 0.5) is 4.39 Å². The SMILES string of the molecule is Cc1cc2c(ccc(-c3c(C)c(C)cc4c3oc3ccccc34)[n+]2C)cc1F. The van der Waals surface area contributed by atoms with Crippen LogP contribution in [-0.4, -0.2) is 0 Å². The van der Waals surface area contributed by atoms with Crippen LogP contribution in [0.1, 0.15) is 16.7 Å². The molecule has 0 bridgehead atoms. The van der Waals surface area contributed by atoms with Crippen LogP contribution >= 0.6 is 0 Å². The number of benzene rings is 3. The summed E-state index contributed by atoms with van der Waals surface area (Å²) in [6.45, 7) is 6.08. The standard InChI is InChI=1S/C25H21FNO/c1-14-11-19-18-7-5-6-8-23(18)28-25(19)24(16(14)3)21-10-9-17-13-20(26)15(2)12-22(17)27(21)4/h5-13H,1-4H3/q+1. The molecule has 0 fully saturated rings. The molecule has 0 aliphatic rings. The summed E-state index contributed by atoms with van der Waals surface area (Å²) in [7, 11) is 2.03. The summed E-state index contributed by atoms with van der Waals surface area (Å²) in [6, 6.07) is 17.9. The second-order valence-corrected chi connectivity index (χ2v) is 7.61. The number of para-hydroxylation sites is 1. The molecular weight excluding hydrogens is 349 g/mol. The van der Waals surface area contributed by atoms with Gasteiger partial charge in [0, 0.05) is 28.3 Å². The van der Waals surface area contributed by atoms with E-state index in [-0.39, 0.29) is 5.82 Å². The van der Waals surface area contributed by atoms with Crippen LogP contribution in [0.3, 0.4) is 0 Å². The lowest BCUT2D eigenvalue weighted by Crippen LogP contribution is -2.32. The van der Waals surface area contributed by atoms with E-state index in [2.05, 4.69) is 36.6 Å². The van der Waals surface area contributed by atoms with Crippen molar-refractivity contribution in [3.05, 3.63) is 77.1 Å². The van der Waals surface area contributed by atoms with Gasteiger partial charge in [-0.3, -0.25) is 0 Å². The third-order valence-electron chi connectivity index (χ3n) is 5.90. The summed E-state index contributed by atoms with van der Waals surface area (Å²) >= 11 is 0. The molecule has 2 aromatic heterocycles. The minimum atomic E-state index is -0.174. The van der Waals surface area contributed by atoms with Gasteiger partial charge in [-0.2, -0.15) is 4.57 Å². The highest BCUT2D eigenvalue weighted by Gasteiger charge is 2.23. The number of nitrogens with zero attached hydrogens (tertiary/aromatic N) is 1. The number of hydrogen-bond acceptors (Lipinski definition) is 1. The van der Waals surface area contributed by atoms with Crippen LogP contribution < -0.4 is 4.57 Å². The first-order chi connectivity index (χ1) is 13.5. The molecule has 5 rings (SSSR count). The van der Waals surface area contributed by atoms with E-state index in [0.29, 0.717) is 5.56 Å². The zero-order valence-corrected chi connectivity index (χ0v) is 16.4. The Labute approximate surface area is 162 Å². The number of pyridine rings is 1. The van der Waals surface area contributed by atoms with Crippen LogP contribution in [-0.2, 0) is 7.05 Å². The molecule has 0 unspecified atom stereocenters. The minimum Gasteiger partial charge on any atom is -0.455 e. The van der Waals surface area contributed by atoms with Gasteiger partial charge in [0.1, 0.15) is 24.0 Å². The molecule has 3 heteroatoms. The zero-order valence-electron chi connectivity index (χ0n) is 16.4. The van der Waals surface area contributed by atoms with Gasteiger partial charge in [0.25, 0.3) is 0 Å². The van der Waals surface area contributed by atoms with Crippen molar-refractivity contribution in [1.29, 1.82) is 0 Å². The fourth-order valence-corrected chi connectivity index (χ4v) is 4.16. The lowest BCUT2D eigenvalue weighted by molar-refractivity contribution is -0.633. The first-order valence-electron chi connectivity index (χ1n) is 9.46. The van der Waals surface area contributed by atoms with Crippen LogP contribution in [0.2, 0.25) is 0 Å². The highest BCUT2D eigenvalue weighted by atomic mass is 19.1. The second-order valence-electron chi connectivity index (χ2n) is 7.61. The van der Waals surface area contributed by atoms with Crippen molar-refractivity contribution in [1.82, 2.24) is 0 Å². The van der Waals surface area contributed by atoms with E-state index in [4.69, 9.17) is 4.42 Å². The van der Waals surface area contributed by atoms with Gasteiger partial charge in [-0.25, -0.2) is 4.39 Å². The Bertz CT molecular complexity index is 1410. The summed E-state index contributed by atoms with van der Waals surface area (Å²) in [5, 5.41) is 3.15. The van der Waals surface area contributed by atoms with Crippen molar-refractivity contribution in [3.8, 4) is 11.3 Å². The van der Waals surface area contributed by atoms with Gasteiger partial charge in [0.2, 0.25) is 11.2 Å². The van der Waals surface area contributed by atoms with Crippen molar-refractivity contribution in [2.24, 2.45) is 7.05 Å². The topological polar surface area (TPSA) is 17.0 Å². The molecule has 0 aliphatic heterocycles. The number of halogens is 1. The van der Waals surface area contributed by atoms with Crippen molar-refractivity contribution in [2.75, 3.05) is 0 Å². The van der Waals surface area contributed by atoms with Crippen LogP contribution in [0.5, 0.6) is 0 Å². The van der Waals surface area contributed by atoms with E-state index in [1.807, 2.05) is 37.4 Å². The summed E-state index contributed by atoms with van der Waals surface area (Å²) in [6.07, 6.45) is 0. The van der Waals surface area contributed by atoms with Crippen molar-refractivity contribution in [2.45, 2.75) is 20.8 Å². The predicted molar refractivity (Wildman–Crippen MR) is 112 cm³/mol. The fraction of sp³-hybridized carbons (Fsp3) is 0.160. The number of furan rings is 1. The lowest BCUT2D eigenvalue weighted by Gasteiger charge is -2.10. The van der Waals surface area contributed by atoms with Crippen molar-refractivity contribution >= 4 is 32.8 Å².